The molecular formula is C102H104N8O20. The molecule has 0 bridgehead atoms. The van der Waals surface area contributed by atoms with Crippen LogP contribution in [0, 0.1) is 0 Å². The first-order chi connectivity index (χ1) is 63.2. The summed E-state index contributed by atoms with van der Waals surface area (Å²) in [5.41, 5.74) is 8.01. The average Bonchev–Trinajstić information content (AvgIpc) is 0.814. The first-order valence-electron chi connectivity index (χ1n) is 42.5. The number of anilines is 3. The van der Waals surface area contributed by atoms with Crippen LogP contribution in [-0.2, 0) is 48.0 Å². The van der Waals surface area contributed by atoms with Crippen molar-refractivity contribution >= 4 is 110 Å². The SMILES string of the molecule is CC(=O)/C(C)=N\OC(=O)c1ccccc1.CC/C(=N\OC(C)=O)C(=O)c1ccc(N2CCCCC2)cc1.CCCCCC/C(=N\OC(=O)c1ccccc1)C(=O)c1ccc(N2CCOCC2)cc1.COc1ccc(C(=O)/C(=N/OC(=O)C(=O)c2ccccc2)c2ccccc2)cc1OC.O=C(O/N=C(/C(=O)c1ccc(N2CCOCC2)cc1)c1ccccc1)c1ccccc1. The van der Waals surface area contributed by atoms with Gasteiger partial charge in [0, 0.05) is 109 Å². The minimum atomic E-state index is -1.19. The normalized spacial score (nSPS) is 13.3. The number of morpholine rings is 2. The first-order valence-corrected chi connectivity index (χ1v) is 42.5. The summed E-state index contributed by atoms with van der Waals surface area (Å²) in [7, 11) is 2.94. The van der Waals surface area contributed by atoms with Crippen molar-refractivity contribution in [3.05, 3.63) is 329 Å². The molecule has 0 radical (unpaired) electrons. The van der Waals surface area contributed by atoms with Crippen molar-refractivity contribution in [2.24, 2.45) is 25.8 Å². The third-order valence-electron chi connectivity index (χ3n) is 20.1. The van der Waals surface area contributed by atoms with E-state index in [0.717, 1.165) is 82.0 Å². The van der Waals surface area contributed by atoms with Crippen molar-refractivity contribution in [3.63, 3.8) is 0 Å². The number of hydrogen-bond acceptors (Lipinski definition) is 28. The zero-order chi connectivity index (χ0) is 92.8. The van der Waals surface area contributed by atoms with Gasteiger partial charge in [0.25, 0.3) is 5.78 Å². The number of ketones is 6. The van der Waals surface area contributed by atoms with Crippen LogP contribution < -0.4 is 24.2 Å². The van der Waals surface area contributed by atoms with Crippen molar-refractivity contribution in [2.45, 2.75) is 92.4 Å². The quantitative estimate of drug-likeness (QED) is 0.00943. The molecule has 0 aromatic heterocycles. The molecule has 0 unspecified atom stereocenters. The molecule has 0 amide bonds. The number of oxime groups is 5. The maximum Gasteiger partial charge on any atom is 0.405 e. The molecule has 3 aliphatic rings. The third kappa shape index (κ3) is 31.2. The number of carbonyl (C=O) groups excluding carboxylic acids is 11. The summed E-state index contributed by atoms with van der Waals surface area (Å²) < 4.78 is 21.2. The van der Waals surface area contributed by atoms with E-state index in [1.165, 1.54) is 72.5 Å². The molecule has 0 atom stereocenters. The largest absolute Gasteiger partial charge is 0.493 e. The Kier molecular flexibility index (Phi) is 40.5. The number of carbonyl (C=O) groups is 11. The van der Waals surface area contributed by atoms with Crippen LogP contribution in [0.5, 0.6) is 11.5 Å². The van der Waals surface area contributed by atoms with Gasteiger partial charge in [-0.05, 0) is 173 Å². The van der Waals surface area contributed by atoms with E-state index >= 15 is 0 Å². The van der Waals surface area contributed by atoms with Gasteiger partial charge < -0.3 is 57.8 Å². The number of Topliss-reactive ketones (excluding diaryl/α,β-unsaturated/α-hetero) is 6. The summed E-state index contributed by atoms with van der Waals surface area (Å²) in [5, 5.41) is 18.7. The Hall–Kier alpha value is -15.2. The molecule has 3 fully saturated rings. The molecule has 0 aliphatic carbocycles. The number of hydrogen-bond donors (Lipinski definition) is 0. The number of benzene rings is 10. The van der Waals surface area contributed by atoms with Gasteiger partial charge in [-0.1, -0.05) is 204 Å². The fourth-order valence-electron chi connectivity index (χ4n) is 12.9. The van der Waals surface area contributed by atoms with Gasteiger partial charge in [0.15, 0.2) is 28.7 Å². The maximum atomic E-state index is 13.2. The van der Waals surface area contributed by atoms with Gasteiger partial charge in [0.1, 0.15) is 17.1 Å². The van der Waals surface area contributed by atoms with Crippen molar-refractivity contribution in [1.82, 2.24) is 0 Å². The lowest BCUT2D eigenvalue weighted by Crippen LogP contribution is -2.36. The maximum absolute atomic E-state index is 13.2. The predicted octanol–water partition coefficient (Wildman–Crippen LogP) is 17.6. The highest BCUT2D eigenvalue weighted by atomic mass is 16.7. The van der Waals surface area contributed by atoms with Crippen LogP contribution >= 0.6 is 0 Å². The lowest BCUT2D eigenvalue weighted by Gasteiger charge is -2.28. The van der Waals surface area contributed by atoms with E-state index < -0.39 is 41.4 Å². The van der Waals surface area contributed by atoms with Crippen molar-refractivity contribution in [3.8, 4) is 11.5 Å². The Balaban J connectivity index is 0.000000187. The molecule has 3 aliphatic heterocycles. The van der Waals surface area contributed by atoms with Crippen LogP contribution in [-0.4, -0.2) is 173 Å². The number of piperidine rings is 1. The zero-order valence-electron chi connectivity index (χ0n) is 73.7. The predicted molar refractivity (Wildman–Crippen MR) is 496 cm³/mol. The second-order valence-electron chi connectivity index (χ2n) is 29.2. The molecule has 3 saturated heterocycles. The fourth-order valence-corrected chi connectivity index (χ4v) is 12.9. The van der Waals surface area contributed by atoms with Crippen LogP contribution in [0.25, 0.3) is 0 Å². The van der Waals surface area contributed by atoms with Gasteiger partial charge in [-0.2, -0.15) is 0 Å². The lowest BCUT2D eigenvalue weighted by atomic mass is 10.0. The average molecular weight is 1760 g/mol. The second-order valence-corrected chi connectivity index (χ2v) is 29.2. The Morgan fingerprint density at radius 2 is 0.662 bits per heavy atom. The molecule has 0 saturated carbocycles. The van der Waals surface area contributed by atoms with Gasteiger partial charge in [-0.25, -0.2) is 24.0 Å². The number of methoxy groups -OCH3 is 2. The van der Waals surface area contributed by atoms with E-state index in [-0.39, 0.29) is 62.8 Å². The standard InChI is InChI=1S/C25H22N2O4.C25H30N2O4.C24H19NO6.C17H22N2O3.C11H11NO3/c28-24(20-11-13-22(14-12-20)27-15-17-30-18-16-27)23(19-7-3-1-4-8-19)26-31-25(29)21-9-5-2-6-10-21;1-2-3-4-8-11-23(26-31-25(29)21-9-6-5-7-10-21)24(28)20-12-14-22(15-13-20)27-16-18-30-19-17-27;1-29-19-14-13-18(15-20(19)30-2)22(26)21(16-9-5-3-6-10-16)25-31-24(28)23(27)17-11-7-4-8-12-17;1-3-16(18-22-13(2)20)17(21)14-7-9-15(10-8-14)19-11-5-4-6-12-19;1-8(9(2)13)12-15-11(14)10-6-4-3-5-7-10/h1-14H,15-18H2;5-7,9-10,12-15H,2-4,8,11,16-19H2,1H3;3-15H,1-2H3;7-10H,3-6,11-12H2,1-2H3;3-7H,1-2H3/b2*26-23+;25-21+;18-16+;12-8-. The molecule has 10 aromatic rings. The van der Waals surface area contributed by atoms with E-state index in [1.54, 1.807) is 182 Å². The van der Waals surface area contributed by atoms with Crippen LogP contribution in [0.15, 0.2) is 299 Å². The summed E-state index contributed by atoms with van der Waals surface area (Å²) >= 11 is 0. The van der Waals surface area contributed by atoms with E-state index in [9.17, 15) is 52.7 Å². The number of ether oxygens (including phenoxy) is 4. The molecule has 0 spiro atoms. The Morgan fingerprint density at radius 1 is 0.315 bits per heavy atom. The number of unbranched alkanes of at least 4 members (excludes halogenated alkanes) is 3. The molecule has 28 heteroatoms. The second kappa shape index (κ2) is 53.3. The van der Waals surface area contributed by atoms with Crippen molar-refractivity contribution < 1.29 is 95.9 Å². The molecular weight excluding hydrogens is 1660 g/mol. The van der Waals surface area contributed by atoms with Gasteiger partial charge in [0.05, 0.1) is 57.3 Å². The molecule has 0 N–H and O–H groups in total. The van der Waals surface area contributed by atoms with E-state index in [0.29, 0.717) is 95.3 Å². The third-order valence-corrected chi connectivity index (χ3v) is 20.1. The van der Waals surface area contributed by atoms with E-state index in [4.69, 9.17) is 33.5 Å². The topological polar surface area (TPSA) is 342 Å². The zero-order valence-corrected chi connectivity index (χ0v) is 73.7. The minimum Gasteiger partial charge on any atom is -0.493 e. The molecule has 10 aromatic carbocycles. The first kappa shape index (κ1) is 98.6. The highest BCUT2D eigenvalue weighted by Gasteiger charge is 2.26. The monoisotopic (exact) mass is 1760 g/mol. The highest BCUT2D eigenvalue weighted by molar-refractivity contribution is 6.52. The summed E-state index contributed by atoms with van der Waals surface area (Å²) in [6.07, 6.45) is 8.65. The molecule has 28 nitrogen and oxygen atoms in total. The number of rotatable bonds is 32. The highest BCUT2D eigenvalue weighted by Crippen LogP contribution is 2.30. The van der Waals surface area contributed by atoms with Crippen LogP contribution in [0.3, 0.4) is 0 Å². The summed E-state index contributed by atoms with van der Waals surface area (Å²) in [4.78, 5) is 165. The van der Waals surface area contributed by atoms with Crippen molar-refractivity contribution in [2.75, 3.05) is 94.6 Å². The van der Waals surface area contributed by atoms with E-state index in [1.807, 2.05) is 79.7 Å². The molecule has 3 heterocycles. The summed E-state index contributed by atoms with van der Waals surface area (Å²) in [5.74, 6) is -5.00. The Labute approximate surface area is 755 Å². The molecule has 130 heavy (non-hydrogen) atoms. The summed E-state index contributed by atoms with van der Waals surface area (Å²) in [6, 6.07) is 78.1. The minimum absolute atomic E-state index is 0.0732. The Morgan fingerprint density at radius 3 is 1.06 bits per heavy atom. The molecule has 672 valence electrons. The van der Waals surface area contributed by atoms with Gasteiger partial charge in [-0.3, -0.25) is 28.8 Å². The lowest BCUT2D eigenvalue weighted by molar-refractivity contribution is -0.141. The van der Waals surface area contributed by atoms with Gasteiger partial charge in [0.2, 0.25) is 23.1 Å². The smallest absolute Gasteiger partial charge is 0.405 e. The Bertz CT molecular complexity index is 5570. The van der Waals surface area contributed by atoms with Crippen LogP contribution in [0.2, 0.25) is 0 Å². The molecule has 13 rings (SSSR count). The van der Waals surface area contributed by atoms with Crippen LogP contribution in [0.1, 0.15) is 186 Å². The van der Waals surface area contributed by atoms with Crippen LogP contribution in [0.4, 0.5) is 17.1 Å². The van der Waals surface area contributed by atoms with E-state index in [2.05, 4.69) is 57.1 Å². The fraction of sp³-hybridized carbons (Fsp3) is 0.255. The van der Waals surface area contributed by atoms with Gasteiger partial charge >= 0.3 is 29.8 Å². The van der Waals surface area contributed by atoms with Crippen molar-refractivity contribution in [1.29, 1.82) is 0 Å². The summed E-state index contributed by atoms with van der Waals surface area (Å²) in [6.45, 7) is 16.3. The van der Waals surface area contributed by atoms with Gasteiger partial charge in [-0.15, -0.1) is 0 Å². The number of nitrogens with zero attached hydrogens (tertiary/aromatic N) is 8.